The molecule has 1 aromatic rings. The third kappa shape index (κ3) is 4.35. The summed E-state index contributed by atoms with van der Waals surface area (Å²) < 4.78 is 0. The number of ketones is 1. The maximum absolute atomic E-state index is 12.4. The average Bonchev–Trinajstić information content (AvgIpc) is 2.32. The summed E-state index contributed by atoms with van der Waals surface area (Å²) in [6, 6.07) is 5.98. The zero-order chi connectivity index (χ0) is 13.7. The summed E-state index contributed by atoms with van der Waals surface area (Å²) in [6.07, 6.45) is 8.97. The van der Waals surface area contributed by atoms with E-state index in [1.165, 1.54) is 32.1 Å². The van der Waals surface area contributed by atoms with E-state index in [1.54, 1.807) is 0 Å². The Morgan fingerprint density at radius 2 is 1.79 bits per heavy atom. The van der Waals surface area contributed by atoms with Crippen molar-refractivity contribution in [2.75, 3.05) is 0 Å². The van der Waals surface area contributed by atoms with Gasteiger partial charge in [0.05, 0.1) is 0 Å². The van der Waals surface area contributed by atoms with Crippen molar-refractivity contribution in [2.45, 2.75) is 58.3 Å². The van der Waals surface area contributed by atoms with E-state index in [0.717, 1.165) is 29.0 Å². The molecular weight excluding hydrogens is 256 g/mol. The van der Waals surface area contributed by atoms with Crippen LogP contribution < -0.4 is 0 Å². The van der Waals surface area contributed by atoms with E-state index in [9.17, 15) is 4.79 Å². The Kier molecular flexibility index (Phi) is 5.45. The number of carbonyl (C=O) groups excluding carboxylic acids is 1. The molecule has 0 spiro atoms. The molecule has 0 unspecified atom stereocenters. The lowest BCUT2D eigenvalue weighted by Crippen LogP contribution is -2.18. The van der Waals surface area contributed by atoms with E-state index in [0.29, 0.717) is 12.2 Å². The lowest BCUT2D eigenvalue weighted by molar-refractivity contribution is -0.122. The first-order valence-electron chi connectivity index (χ1n) is 7.44. The fourth-order valence-corrected chi connectivity index (χ4v) is 3.21. The first-order chi connectivity index (χ1) is 9.16. The first kappa shape index (κ1) is 14.6. The summed E-state index contributed by atoms with van der Waals surface area (Å²) in [5, 5.41) is 0.735. The smallest absolute Gasteiger partial charge is 0.140 e. The molecule has 0 saturated heterocycles. The highest BCUT2D eigenvalue weighted by Gasteiger charge is 2.20. The van der Waals surface area contributed by atoms with Crippen LogP contribution in [0.3, 0.4) is 0 Å². The molecule has 0 bridgehead atoms. The molecule has 0 heterocycles. The fraction of sp³-hybridized carbons (Fsp3) is 0.588. The second-order valence-electron chi connectivity index (χ2n) is 5.78. The van der Waals surface area contributed by atoms with E-state index < -0.39 is 0 Å². The van der Waals surface area contributed by atoms with Crippen molar-refractivity contribution < 1.29 is 4.79 Å². The van der Waals surface area contributed by atoms with Crippen LogP contribution in [-0.4, -0.2) is 5.78 Å². The van der Waals surface area contributed by atoms with Crippen molar-refractivity contribution in [3.63, 3.8) is 0 Å². The topological polar surface area (TPSA) is 17.1 Å². The van der Waals surface area contributed by atoms with Gasteiger partial charge in [0, 0.05) is 17.4 Å². The van der Waals surface area contributed by atoms with Gasteiger partial charge in [-0.3, -0.25) is 4.79 Å². The van der Waals surface area contributed by atoms with Crippen molar-refractivity contribution in [1.29, 1.82) is 0 Å². The Morgan fingerprint density at radius 3 is 2.42 bits per heavy atom. The SMILES string of the molecule is Cc1ccc(CC(=O)C2CCCCCCC2)c(Cl)c1. The molecule has 0 atom stereocenters. The van der Waals surface area contributed by atoms with Crippen LogP contribution in [0.15, 0.2) is 18.2 Å². The predicted octanol–water partition coefficient (Wildman–Crippen LogP) is 5.12. The molecule has 1 aromatic carbocycles. The summed E-state index contributed by atoms with van der Waals surface area (Å²) in [6.45, 7) is 2.02. The summed E-state index contributed by atoms with van der Waals surface area (Å²) in [7, 11) is 0. The molecule has 1 nitrogen and oxygen atoms in total. The maximum Gasteiger partial charge on any atom is 0.140 e. The monoisotopic (exact) mass is 278 g/mol. The van der Waals surface area contributed by atoms with Crippen LogP contribution in [-0.2, 0) is 11.2 Å². The minimum Gasteiger partial charge on any atom is -0.299 e. The van der Waals surface area contributed by atoms with Gasteiger partial charge in [-0.1, -0.05) is 55.8 Å². The van der Waals surface area contributed by atoms with Gasteiger partial charge in [0.2, 0.25) is 0 Å². The molecule has 1 saturated carbocycles. The summed E-state index contributed by atoms with van der Waals surface area (Å²) >= 11 is 6.22. The van der Waals surface area contributed by atoms with Gasteiger partial charge < -0.3 is 0 Å². The van der Waals surface area contributed by atoms with Crippen LogP contribution >= 0.6 is 11.6 Å². The number of Topliss-reactive ketones (excluding diaryl/α,β-unsaturated/α-hetero) is 1. The third-order valence-corrected chi connectivity index (χ3v) is 4.49. The van der Waals surface area contributed by atoms with Crippen LogP contribution in [0.5, 0.6) is 0 Å². The Labute approximate surface area is 121 Å². The van der Waals surface area contributed by atoms with Crippen LogP contribution in [0, 0.1) is 12.8 Å². The van der Waals surface area contributed by atoms with Gasteiger partial charge in [0.15, 0.2) is 0 Å². The van der Waals surface area contributed by atoms with E-state index >= 15 is 0 Å². The zero-order valence-electron chi connectivity index (χ0n) is 11.8. The van der Waals surface area contributed by atoms with Gasteiger partial charge in [-0.2, -0.15) is 0 Å². The number of halogens is 1. The second-order valence-corrected chi connectivity index (χ2v) is 6.19. The number of hydrogen-bond acceptors (Lipinski definition) is 1. The number of hydrogen-bond donors (Lipinski definition) is 0. The average molecular weight is 279 g/mol. The first-order valence-corrected chi connectivity index (χ1v) is 7.82. The Morgan fingerprint density at radius 1 is 1.16 bits per heavy atom. The van der Waals surface area contributed by atoms with Gasteiger partial charge in [0.25, 0.3) is 0 Å². The minimum atomic E-state index is 0.262. The predicted molar refractivity (Wildman–Crippen MR) is 80.7 cm³/mol. The highest BCUT2D eigenvalue weighted by molar-refractivity contribution is 6.31. The third-order valence-electron chi connectivity index (χ3n) is 4.13. The molecule has 0 aromatic heterocycles. The van der Waals surface area contributed by atoms with Gasteiger partial charge >= 0.3 is 0 Å². The number of aryl methyl sites for hydroxylation is 1. The maximum atomic E-state index is 12.4. The number of rotatable bonds is 3. The molecule has 0 N–H and O–H groups in total. The lowest BCUT2D eigenvalue weighted by atomic mass is 9.86. The summed E-state index contributed by atoms with van der Waals surface area (Å²) in [5.74, 6) is 0.644. The number of benzene rings is 1. The molecule has 0 radical (unpaired) electrons. The van der Waals surface area contributed by atoms with Crippen molar-refractivity contribution in [1.82, 2.24) is 0 Å². The fourth-order valence-electron chi connectivity index (χ4n) is 2.91. The van der Waals surface area contributed by atoms with Crippen molar-refractivity contribution >= 4 is 17.4 Å². The minimum absolute atomic E-state index is 0.262. The molecular formula is C17H23ClO. The quantitative estimate of drug-likeness (QED) is 0.750. The largest absolute Gasteiger partial charge is 0.299 e. The molecule has 104 valence electrons. The van der Waals surface area contributed by atoms with E-state index in [2.05, 4.69) is 0 Å². The summed E-state index contributed by atoms with van der Waals surface area (Å²) in [4.78, 5) is 12.4. The summed E-state index contributed by atoms with van der Waals surface area (Å²) in [5.41, 5.74) is 2.13. The van der Waals surface area contributed by atoms with E-state index in [1.807, 2.05) is 25.1 Å². The van der Waals surface area contributed by atoms with Crippen molar-refractivity contribution in [2.24, 2.45) is 5.92 Å². The van der Waals surface area contributed by atoms with Crippen molar-refractivity contribution in [3.05, 3.63) is 34.3 Å². The van der Waals surface area contributed by atoms with E-state index in [-0.39, 0.29) is 5.92 Å². The van der Waals surface area contributed by atoms with Gasteiger partial charge in [0.1, 0.15) is 5.78 Å². The number of carbonyl (C=O) groups is 1. The molecule has 2 rings (SSSR count). The molecule has 19 heavy (non-hydrogen) atoms. The van der Waals surface area contributed by atoms with Gasteiger partial charge in [-0.15, -0.1) is 0 Å². The van der Waals surface area contributed by atoms with Crippen LogP contribution in [0.25, 0.3) is 0 Å². The van der Waals surface area contributed by atoms with Crippen LogP contribution in [0.4, 0.5) is 0 Å². The molecule has 0 amide bonds. The highest BCUT2D eigenvalue weighted by Crippen LogP contribution is 2.26. The normalized spacial score (nSPS) is 17.8. The standard InChI is InChI=1S/C17H23ClO/c1-13-9-10-15(16(18)11-13)12-17(19)14-7-5-3-2-4-6-8-14/h9-11,14H,2-8,12H2,1H3. The van der Waals surface area contributed by atoms with Gasteiger partial charge in [-0.05, 0) is 37.0 Å². The molecule has 2 heteroatoms. The zero-order valence-corrected chi connectivity index (χ0v) is 12.5. The highest BCUT2D eigenvalue weighted by atomic mass is 35.5. The second kappa shape index (κ2) is 7.09. The molecule has 1 aliphatic carbocycles. The Hall–Kier alpha value is -0.820. The molecule has 1 aliphatic rings. The lowest BCUT2D eigenvalue weighted by Gasteiger charge is -2.18. The Balaban J connectivity index is 1.98. The van der Waals surface area contributed by atoms with Crippen LogP contribution in [0.2, 0.25) is 5.02 Å². The molecule has 0 aliphatic heterocycles. The van der Waals surface area contributed by atoms with E-state index in [4.69, 9.17) is 11.6 Å². The van der Waals surface area contributed by atoms with Gasteiger partial charge in [-0.25, -0.2) is 0 Å². The van der Waals surface area contributed by atoms with Crippen molar-refractivity contribution in [3.8, 4) is 0 Å². The van der Waals surface area contributed by atoms with Crippen LogP contribution in [0.1, 0.15) is 56.1 Å². The molecule has 1 fully saturated rings. The Bertz CT molecular complexity index is 431.